The summed E-state index contributed by atoms with van der Waals surface area (Å²) in [5.41, 5.74) is 0.951. The van der Waals surface area contributed by atoms with Crippen molar-refractivity contribution < 1.29 is 9.53 Å². The zero-order valence-electron chi connectivity index (χ0n) is 9.51. The van der Waals surface area contributed by atoms with Crippen molar-refractivity contribution in [3.8, 4) is 0 Å². The van der Waals surface area contributed by atoms with E-state index in [0.717, 1.165) is 25.0 Å². The molecule has 0 aromatic heterocycles. The molecule has 2 heteroatoms. The van der Waals surface area contributed by atoms with E-state index in [-0.39, 0.29) is 5.41 Å². The smallest absolute Gasteiger partial charge is 0.143 e. The van der Waals surface area contributed by atoms with Crippen molar-refractivity contribution >= 4 is 5.78 Å². The Kier molecular flexibility index (Phi) is 2.68. The van der Waals surface area contributed by atoms with Gasteiger partial charge in [-0.05, 0) is 38.3 Å². The minimum absolute atomic E-state index is 0.223. The number of Topliss-reactive ketones (excluding diaryl/α,β-unsaturated/α-hetero) is 1. The van der Waals surface area contributed by atoms with Crippen LogP contribution in [0.4, 0.5) is 0 Å². The van der Waals surface area contributed by atoms with Crippen LogP contribution in [-0.4, -0.2) is 12.4 Å². The zero-order valence-corrected chi connectivity index (χ0v) is 9.51. The first kappa shape index (κ1) is 10.5. The molecular formula is C13H18O2. The van der Waals surface area contributed by atoms with E-state index in [1.165, 1.54) is 5.57 Å². The molecule has 0 radical (unpaired) electrons. The van der Waals surface area contributed by atoms with Gasteiger partial charge < -0.3 is 4.74 Å². The molecule has 2 aliphatic rings. The molecule has 2 aliphatic carbocycles. The largest absolute Gasteiger partial charge is 0.498 e. The highest BCUT2D eigenvalue weighted by Crippen LogP contribution is 2.43. The third kappa shape index (κ3) is 1.73. The van der Waals surface area contributed by atoms with Crippen LogP contribution in [0, 0.1) is 5.41 Å². The van der Waals surface area contributed by atoms with Crippen LogP contribution >= 0.6 is 0 Å². The molecule has 0 aliphatic heterocycles. The van der Waals surface area contributed by atoms with Crippen LogP contribution in [0.3, 0.4) is 0 Å². The normalized spacial score (nSPS) is 30.4. The lowest BCUT2D eigenvalue weighted by Gasteiger charge is -2.36. The first-order valence-electron chi connectivity index (χ1n) is 5.74. The highest BCUT2D eigenvalue weighted by molar-refractivity contribution is 5.89. The lowest BCUT2D eigenvalue weighted by molar-refractivity contribution is -0.127. The van der Waals surface area contributed by atoms with Gasteiger partial charge in [0.2, 0.25) is 0 Å². The molecule has 0 aromatic carbocycles. The van der Waals surface area contributed by atoms with E-state index in [1.54, 1.807) is 0 Å². The predicted molar refractivity (Wildman–Crippen MR) is 59.4 cm³/mol. The van der Waals surface area contributed by atoms with Gasteiger partial charge in [-0.3, -0.25) is 4.79 Å². The van der Waals surface area contributed by atoms with Crippen molar-refractivity contribution in [1.29, 1.82) is 0 Å². The van der Waals surface area contributed by atoms with Crippen molar-refractivity contribution in [3.63, 3.8) is 0 Å². The van der Waals surface area contributed by atoms with E-state index in [2.05, 4.69) is 19.1 Å². The van der Waals surface area contributed by atoms with Crippen molar-refractivity contribution in [1.82, 2.24) is 0 Å². The molecule has 1 atom stereocenters. The molecule has 2 nitrogen and oxygen atoms in total. The molecule has 0 fully saturated rings. The van der Waals surface area contributed by atoms with Crippen LogP contribution in [0.25, 0.3) is 0 Å². The summed E-state index contributed by atoms with van der Waals surface area (Å²) in [5.74, 6) is 1.43. The van der Waals surface area contributed by atoms with Crippen LogP contribution in [0.2, 0.25) is 0 Å². The summed E-state index contributed by atoms with van der Waals surface area (Å²) in [5, 5.41) is 0. The molecule has 0 saturated heterocycles. The zero-order chi connectivity index (χ0) is 10.9. The highest BCUT2D eigenvalue weighted by Gasteiger charge is 2.39. The Bertz CT molecular complexity index is 338. The average Bonchev–Trinajstić information content (AvgIpc) is 2.22. The Hall–Kier alpha value is -1.05. The fourth-order valence-corrected chi connectivity index (χ4v) is 2.44. The van der Waals surface area contributed by atoms with Crippen LogP contribution in [-0.2, 0) is 9.53 Å². The van der Waals surface area contributed by atoms with E-state index in [4.69, 9.17) is 4.74 Å². The van der Waals surface area contributed by atoms with Crippen molar-refractivity contribution in [2.24, 2.45) is 5.41 Å². The van der Waals surface area contributed by atoms with Gasteiger partial charge in [0, 0.05) is 12.8 Å². The van der Waals surface area contributed by atoms with Crippen molar-refractivity contribution in [2.75, 3.05) is 6.61 Å². The lowest BCUT2D eigenvalue weighted by atomic mass is 9.67. The fourth-order valence-electron chi connectivity index (χ4n) is 2.44. The van der Waals surface area contributed by atoms with Gasteiger partial charge in [-0.15, -0.1) is 0 Å². The van der Waals surface area contributed by atoms with Crippen molar-refractivity contribution in [3.05, 3.63) is 23.5 Å². The van der Waals surface area contributed by atoms with Gasteiger partial charge in [0.05, 0.1) is 17.8 Å². The van der Waals surface area contributed by atoms with E-state index in [0.29, 0.717) is 18.8 Å². The molecule has 0 saturated carbocycles. The number of carbonyl (C=O) groups excluding carboxylic acids is 1. The summed E-state index contributed by atoms with van der Waals surface area (Å²) in [7, 11) is 0. The quantitative estimate of drug-likeness (QED) is 0.694. The number of rotatable bonds is 2. The number of ether oxygens (including phenoxy) is 1. The SMILES string of the molecule is CCOC1=CC2=CCCC(=O)C2(C)CC1. The molecular weight excluding hydrogens is 188 g/mol. The third-order valence-electron chi connectivity index (χ3n) is 3.51. The molecule has 82 valence electrons. The van der Waals surface area contributed by atoms with E-state index in [9.17, 15) is 4.79 Å². The van der Waals surface area contributed by atoms with E-state index >= 15 is 0 Å². The average molecular weight is 206 g/mol. The van der Waals surface area contributed by atoms with E-state index < -0.39 is 0 Å². The Labute approximate surface area is 91.0 Å². The molecule has 1 unspecified atom stereocenters. The standard InChI is InChI=1S/C13H18O2/c1-3-15-11-7-8-13(2)10(9-11)5-4-6-12(13)14/h5,9H,3-4,6-8H2,1-2H3. The highest BCUT2D eigenvalue weighted by atomic mass is 16.5. The van der Waals surface area contributed by atoms with Crippen molar-refractivity contribution in [2.45, 2.75) is 39.5 Å². The second-order valence-corrected chi connectivity index (χ2v) is 4.50. The number of ketones is 1. The molecule has 2 rings (SSSR count). The second-order valence-electron chi connectivity index (χ2n) is 4.50. The summed E-state index contributed by atoms with van der Waals surface area (Å²) in [6, 6.07) is 0. The van der Waals surface area contributed by atoms with Crippen LogP contribution in [0.1, 0.15) is 39.5 Å². The fraction of sp³-hybridized carbons (Fsp3) is 0.615. The Balaban J connectivity index is 2.29. The number of allylic oxidation sites excluding steroid dienone is 4. The van der Waals surface area contributed by atoms with E-state index in [1.807, 2.05) is 6.92 Å². The maximum absolute atomic E-state index is 11.9. The number of fused-ring (bicyclic) bond motifs is 1. The predicted octanol–water partition coefficient (Wildman–Crippen LogP) is 3.00. The third-order valence-corrected chi connectivity index (χ3v) is 3.51. The number of hydrogen-bond acceptors (Lipinski definition) is 2. The molecule has 0 heterocycles. The van der Waals surface area contributed by atoms with Gasteiger partial charge in [-0.1, -0.05) is 6.08 Å². The molecule has 0 N–H and O–H groups in total. The number of carbonyl (C=O) groups is 1. The summed E-state index contributed by atoms with van der Waals surface area (Å²) in [6.07, 6.45) is 7.66. The van der Waals surface area contributed by atoms with Gasteiger partial charge in [0.15, 0.2) is 0 Å². The monoisotopic (exact) mass is 206 g/mol. The summed E-state index contributed by atoms with van der Waals surface area (Å²) < 4.78 is 5.52. The second kappa shape index (κ2) is 3.84. The Morgan fingerprint density at radius 3 is 3.00 bits per heavy atom. The summed E-state index contributed by atoms with van der Waals surface area (Å²) >= 11 is 0. The molecule has 0 bridgehead atoms. The van der Waals surface area contributed by atoms with Gasteiger partial charge >= 0.3 is 0 Å². The van der Waals surface area contributed by atoms with Gasteiger partial charge in [0.25, 0.3) is 0 Å². The molecule has 0 spiro atoms. The topological polar surface area (TPSA) is 26.3 Å². The first-order valence-corrected chi connectivity index (χ1v) is 5.74. The minimum Gasteiger partial charge on any atom is -0.498 e. The van der Waals surface area contributed by atoms with Gasteiger partial charge in [-0.25, -0.2) is 0 Å². The van der Waals surface area contributed by atoms with Crippen LogP contribution in [0.5, 0.6) is 0 Å². The Morgan fingerprint density at radius 2 is 2.27 bits per heavy atom. The summed E-state index contributed by atoms with van der Waals surface area (Å²) in [6.45, 7) is 4.78. The minimum atomic E-state index is -0.223. The van der Waals surface area contributed by atoms with Crippen LogP contribution < -0.4 is 0 Å². The molecule has 0 amide bonds. The first-order chi connectivity index (χ1) is 7.16. The maximum atomic E-state index is 11.9. The Morgan fingerprint density at radius 1 is 1.47 bits per heavy atom. The van der Waals surface area contributed by atoms with Gasteiger partial charge in [0.1, 0.15) is 5.78 Å². The lowest BCUT2D eigenvalue weighted by Crippen LogP contribution is -2.34. The molecule has 15 heavy (non-hydrogen) atoms. The number of hydrogen-bond donors (Lipinski definition) is 0. The summed E-state index contributed by atoms with van der Waals surface area (Å²) in [4.78, 5) is 11.9. The van der Waals surface area contributed by atoms with Crippen LogP contribution in [0.15, 0.2) is 23.5 Å². The maximum Gasteiger partial charge on any atom is 0.143 e. The van der Waals surface area contributed by atoms with Gasteiger partial charge in [-0.2, -0.15) is 0 Å². The molecule has 0 aromatic rings.